The average Bonchev–Trinajstić information content (AvgIpc) is 2.81. The fourth-order valence-corrected chi connectivity index (χ4v) is 3.46. The Morgan fingerprint density at radius 2 is 1.22 bits per heavy atom. The Kier molecular flexibility index (Phi) is 13.0. The predicted molar refractivity (Wildman–Crippen MR) is 135 cm³/mol. The van der Waals surface area contributed by atoms with E-state index in [2.05, 4.69) is 18.8 Å². The lowest BCUT2D eigenvalue weighted by Crippen LogP contribution is -1.97. The molecule has 0 aliphatic heterocycles. The third-order valence-electron chi connectivity index (χ3n) is 5.47. The van der Waals surface area contributed by atoms with E-state index in [9.17, 15) is 5.11 Å². The summed E-state index contributed by atoms with van der Waals surface area (Å²) >= 11 is 0. The number of phenols is 1. The van der Waals surface area contributed by atoms with E-state index in [4.69, 9.17) is 9.47 Å². The number of nitrogens with zero attached hydrogens (tertiary/aromatic N) is 1. The number of hydrogen-bond acceptors (Lipinski definition) is 4. The Bertz CT molecular complexity index is 771. The summed E-state index contributed by atoms with van der Waals surface area (Å²) in [5.74, 6) is 1.75. The summed E-state index contributed by atoms with van der Waals surface area (Å²) in [5.41, 5.74) is 1.49. The van der Waals surface area contributed by atoms with Gasteiger partial charge in [-0.05, 0) is 49.2 Å². The Morgan fingerprint density at radius 1 is 0.688 bits per heavy atom. The van der Waals surface area contributed by atoms with Gasteiger partial charge in [0.2, 0.25) is 0 Å². The number of aliphatic imine (C=N–C) groups is 1. The van der Waals surface area contributed by atoms with Gasteiger partial charge in [-0.3, -0.25) is 4.99 Å². The molecule has 0 bridgehead atoms. The largest absolute Gasteiger partial charge is 0.507 e. The molecule has 0 saturated heterocycles. The van der Waals surface area contributed by atoms with Gasteiger partial charge in [-0.2, -0.15) is 0 Å². The van der Waals surface area contributed by atoms with Crippen molar-refractivity contribution in [1.29, 1.82) is 0 Å². The number of phenolic OH excluding ortho intramolecular Hbond substituents is 1. The summed E-state index contributed by atoms with van der Waals surface area (Å²) in [5, 5.41) is 10.3. The lowest BCUT2D eigenvalue weighted by atomic mass is 10.1. The first-order valence-electron chi connectivity index (χ1n) is 12.5. The van der Waals surface area contributed by atoms with Crippen LogP contribution >= 0.6 is 0 Å². The normalized spacial score (nSPS) is 11.2. The van der Waals surface area contributed by atoms with Crippen LogP contribution in [0, 0.1) is 0 Å². The minimum Gasteiger partial charge on any atom is -0.507 e. The molecule has 0 atom stereocenters. The number of ether oxygens (including phenoxy) is 2. The van der Waals surface area contributed by atoms with Crippen molar-refractivity contribution in [3.8, 4) is 17.2 Å². The van der Waals surface area contributed by atoms with Gasteiger partial charge in [0, 0.05) is 17.8 Å². The van der Waals surface area contributed by atoms with Gasteiger partial charge in [-0.15, -0.1) is 0 Å². The molecule has 2 aromatic carbocycles. The Labute approximate surface area is 194 Å². The van der Waals surface area contributed by atoms with Crippen LogP contribution in [0.4, 0.5) is 5.69 Å². The van der Waals surface area contributed by atoms with Crippen molar-refractivity contribution in [2.75, 3.05) is 13.2 Å². The van der Waals surface area contributed by atoms with Crippen LogP contribution in [0.25, 0.3) is 0 Å². The second-order valence-electron chi connectivity index (χ2n) is 8.35. The SMILES string of the molecule is CCCCCCCCOc1ccc(C=Nc2ccc(OCCCCCCC)cc2)c(O)c1. The third kappa shape index (κ3) is 10.7. The van der Waals surface area contributed by atoms with E-state index in [-0.39, 0.29) is 5.75 Å². The van der Waals surface area contributed by atoms with Crippen LogP contribution in [-0.2, 0) is 0 Å². The number of hydrogen-bond donors (Lipinski definition) is 1. The van der Waals surface area contributed by atoms with Crippen molar-refractivity contribution in [2.45, 2.75) is 84.5 Å². The highest BCUT2D eigenvalue weighted by molar-refractivity contribution is 5.85. The summed E-state index contributed by atoms with van der Waals surface area (Å²) in [6.07, 6.45) is 15.2. The zero-order valence-corrected chi connectivity index (χ0v) is 20.0. The van der Waals surface area contributed by atoms with Crippen LogP contribution in [0.1, 0.15) is 90.0 Å². The molecule has 0 fully saturated rings. The van der Waals surface area contributed by atoms with Gasteiger partial charge in [0.05, 0.1) is 18.9 Å². The van der Waals surface area contributed by atoms with E-state index >= 15 is 0 Å². The van der Waals surface area contributed by atoms with E-state index in [0.29, 0.717) is 17.9 Å². The van der Waals surface area contributed by atoms with Crippen LogP contribution in [0.5, 0.6) is 17.2 Å². The maximum atomic E-state index is 10.3. The molecule has 0 unspecified atom stereocenters. The molecule has 0 spiro atoms. The van der Waals surface area contributed by atoms with Crippen molar-refractivity contribution in [1.82, 2.24) is 0 Å². The van der Waals surface area contributed by atoms with E-state index in [1.807, 2.05) is 36.4 Å². The predicted octanol–water partition coefficient (Wildman–Crippen LogP) is 8.23. The van der Waals surface area contributed by atoms with Crippen molar-refractivity contribution < 1.29 is 14.6 Å². The molecule has 4 nitrogen and oxygen atoms in total. The standard InChI is InChI=1S/C28H41NO3/c1-3-5-7-9-11-13-21-32-27-17-14-24(28(30)22-27)23-29-25-15-18-26(19-16-25)31-20-12-10-8-6-4-2/h14-19,22-23,30H,3-13,20-21H2,1-2H3. The molecule has 0 aromatic heterocycles. The smallest absolute Gasteiger partial charge is 0.128 e. The number of rotatable bonds is 17. The maximum absolute atomic E-state index is 10.3. The fourth-order valence-electron chi connectivity index (χ4n) is 3.46. The second kappa shape index (κ2) is 16.2. The fraction of sp³-hybridized carbons (Fsp3) is 0.536. The summed E-state index contributed by atoms with van der Waals surface area (Å²) < 4.78 is 11.6. The molecule has 0 aliphatic rings. The summed E-state index contributed by atoms with van der Waals surface area (Å²) in [7, 11) is 0. The molecular weight excluding hydrogens is 398 g/mol. The first-order valence-corrected chi connectivity index (χ1v) is 12.5. The van der Waals surface area contributed by atoms with E-state index in [1.165, 1.54) is 57.8 Å². The molecule has 0 aliphatic carbocycles. The first kappa shape index (κ1) is 25.8. The highest BCUT2D eigenvalue weighted by atomic mass is 16.5. The third-order valence-corrected chi connectivity index (χ3v) is 5.47. The highest BCUT2D eigenvalue weighted by Gasteiger charge is 2.02. The molecule has 1 N–H and O–H groups in total. The maximum Gasteiger partial charge on any atom is 0.128 e. The van der Waals surface area contributed by atoms with Crippen molar-refractivity contribution in [3.63, 3.8) is 0 Å². The average molecular weight is 440 g/mol. The Hall–Kier alpha value is -2.49. The summed E-state index contributed by atoms with van der Waals surface area (Å²) in [6, 6.07) is 13.1. The van der Waals surface area contributed by atoms with Gasteiger partial charge in [-0.1, -0.05) is 71.6 Å². The van der Waals surface area contributed by atoms with Gasteiger partial charge in [0.25, 0.3) is 0 Å². The molecular formula is C28H41NO3. The molecule has 2 aromatic rings. The van der Waals surface area contributed by atoms with Crippen LogP contribution < -0.4 is 9.47 Å². The molecule has 0 radical (unpaired) electrons. The highest BCUT2D eigenvalue weighted by Crippen LogP contribution is 2.24. The zero-order chi connectivity index (χ0) is 22.9. The number of unbranched alkanes of at least 4 members (excludes halogenated alkanes) is 9. The zero-order valence-electron chi connectivity index (χ0n) is 20.0. The molecule has 0 heterocycles. The molecule has 32 heavy (non-hydrogen) atoms. The van der Waals surface area contributed by atoms with Crippen LogP contribution in [0.2, 0.25) is 0 Å². The quantitative estimate of drug-likeness (QED) is 0.199. The molecule has 4 heteroatoms. The van der Waals surface area contributed by atoms with Crippen molar-refractivity contribution in [2.24, 2.45) is 4.99 Å². The van der Waals surface area contributed by atoms with Crippen LogP contribution in [-0.4, -0.2) is 24.5 Å². The Balaban J connectivity index is 1.73. The van der Waals surface area contributed by atoms with Gasteiger partial charge < -0.3 is 14.6 Å². The van der Waals surface area contributed by atoms with E-state index < -0.39 is 0 Å². The molecule has 0 amide bonds. The van der Waals surface area contributed by atoms with Gasteiger partial charge in [0.15, 0.2) is 0 Å². The summed E-state index contributed by atoms with van der Waals surface area (Å²) in [6.45, 7) is 5.90. The van der Waals surface area contributed by atoms with E-state index in [1.54, 1.807) is 12.3 Å². The van der Waals surface area contributed by atoms with Gasteiger partial charge >= 0.3 is 0 Å². The Morgan fingerprint density at radius 3 is 1.81 bits per heavy atom. The van der Waals surface area contributed by atoms with Crippen LogP contribution in [0.3, 0.4) is 0 Å². The van der Waals surface area contributed by atoms with Gasteiger partial charge in [0.1, 0.15) is 17.2 Å². The van der Waals surface area contributed by atoms with Crippen molar-refractivity contribution in [3.05, 3.63) is 48.0 Å². The lowest BCUT2D eigenvalue weighted by molar-refractivity contribution is 0.302. The number of aromatic hydroxyl groups is 1. The molecule has 2 rings (SSSR count). The monoisotopic (exact) mass is 439 g/mol. The minimum atomic E-state index is 0.178. The molecule has 176 valence electrons. The lowest BCUT2D eigenvalue weighted by Gasteiger charge is -2.08. The summed E-state index contributed by atoms with van der Waals surface area (Å²) in [4.78, 5) is 4.47. The van der Waals surface area contributed by atoms with Crippen LogP contribution in [0.15, 0.2) is 47.5 Å². The van der Waals surface area contributed by atoms with Crippen molar-refractivity contribution >= 4 is 11.9 Å². The molecule has 0 saturated carbocycles. The second-order valence-corrected chi connectivity index (χ2v) is 8.35. The minimum absolute atomic E-state index is 0.178. The van der Waals surface area contributed by atoms with Gasteiger partial charge in [-0.25, -0.2) is 0 Å². The van der Waals surface area contributed by atoms with E-state index in [0.717, 1.165) is 30.9 Å². The first-order chi connectivity index (χ1) is 15.7. The number of benzene rings is 2. The topological polar surface area (TPSA) is 51.0 Å².